The van der Waals surface area contributed by atoms with Gasteiger partial charge in [0, 0.05) is 11.6 Å². The van der Waals surface area contributed by atoms with Crippen molar-refractivity contribution in [1.82, 2.24) is 0 Å². The predicted octanol–water partition coefficient (Wildman–Crippen LogP) is 3.77. The summed E-state index contributed by atoms with van der Waals surface area (Å²) in [6.07, 6.45) is -4.48. The summed E-state index contributed by atoms with van der Waals surface area (Å²) in [7, 11) is 0. The molecule has 1 nitrogen and oxygen atoms in total. The summed E-state index contributed by atoms with van der Waals surface area (Å²) in [4.78, 5) is 0. The molecule has 77 valence electrons. The molecule has 0 atom stereocenters. The first-order valence-electron chi connectivity index (χ1n) is 4.21. The highest BCUT2D eigenvalue weighted by Crippen LogP contribution is 2.33. The Morgan fingerprint density at radius 1 is 1.07 bits per heavy atom. The van der Waals surface area contributed by atoms with Crippen LogP contribution in [0.1, 0.15) is 5.76 Å². The Kier molecular flexibility index (Phi) is 2.26. The molecule has 1 aromatic carbocycles. The van der Waals surface area contributed by atoms with Crippen molar-refractivity contribution in [2.75, 3.05) is 0 Å². The second-order valence-corrected chi connectivity index (χ2v) is 2.95. The lowest BCUT2D eigenvalue weighted by Crippen LogP contribution is -2.02. The van der Waals surface area contributed by atoms with Crippen molar-refractivity contribution in [2.45, 2.75) is 6.18 Å². The molecule has 0 aliphatic heterocycles. The monoisotopic (exact) mass is 211 g/mol. The topological polar surface area (TPSA) is 13.1 Å². The summed E-state index contributed by atoms with van der Waals surface area (Å²) in [6.45, 7) is 0. The first kappa shape index (κ1) is 9.83. The van der Waals surface area contributed by atoms with Crippen LogP contribution in [-0.4, -0.2) is 0 Å². The number of hydrogen-bond acceptors (Lipinski definition) is 1. The maximum absolute atomic E-state index is 12.2. The van der Waals surface area contributed by atoms with Crippen molar-refractivity contribution >= 4 is 0 Å². The van der Waals surface area contributed by atoms with Crippen LogP contribution in [0.2, 0.25) is 0 Å². The van der Waals surface area contributed by atoms with Crippen LogP contribution in [0.5, 0.6) is 0 Å². The SMILES string of the molecule is FC(F)(F)c1[c]cc(-c2ccccc2)o1. The molecule has 0 bridgehead atoms. The fourth-order valence-corrected chi connectivity index (χ4v) is 1.18. The van der Waals surface area contributed by atoms with E-state index in [0.29, 0.717) is 5.56 Å². The normalized spacial score (nSPS) is 11.7. The quantitative estimate of drug-likeness (QED) is 0.699. The van der Waals surface area contributed by atoms with Crippen LogP contribution in [0, 0.1) is 6.07 Å². The average Bonchev–Trinajstić information content (AvgIpc) is 2.67. The molecule has 2 aromatic rings. The van der Waals surface area contributed by atoms with Gasteiger partial charge in [0.2, 0.25) is 5.76 Å². The zero-order valence-electron chi connectivity index (χ0n) is 7.51. The number of benzene rings is 1. The van der Waals surface area contributed by atoms with Crippen molar-refractivity contribution in [2.24, 2.45) is 0 Å². The highest BCUT2D eigenvalue weighted by Gasteiger charge is 2.35. The summed E-state index contributed by atoms with van der Waals surface area (Å²) < 4.78 is 41.2. The Morgan fingerprint density at radius 3 is 2.27 bits per heavy atom. The third-order valence-electron chi connectivity index (χ3n) is 1.86. The first-order chi connectivity index (χ1) is 7.07. The Bertz CT molecular complexity index is 442. The van der Waals surface area contributed by atoms with E-state index in [2.05, 4.69) is 10.5 Å². The van der Waals surface area contributed by atoms with Gasteiger partial charge in [0.05, 0.1) is 0 Å². The van der Waals surface area contributed by atoms with E-state index in [1.165, 1.54) is 6.07 Å². The first-order valence-corrected chi connectivity index (χ1v) is 4.21. The number of alkyl halides is 3. The molecular formula is C11H6F3O. The highest BCUT2D eigenvalue weighted by molar-refractivity contribution is 5.56. The number of halogens is 3. The molecule has 0 saturated heterocycles. The third-order valence-corrected chi connectivity index (χ3v) is 1.86. The standard InChI is InChI=1S/C11H6F3O/c12-11(13,14)10-7-6-9(15-10)8-4-2-1-3-5-8/h1-6H. The molecule has 0 unspecified atom stereocenters. The Morgan fingerprint density at radius 2 is 1.73 bits per heavy atom. The van der Waals surface area contributed by atoms with Gasteiger partial charge in [-0.05, 0) is 6.07 Å². The minimum Gasteiger partial charge on any atom is -0.451 e. The van der Waals surface area contributed by atoms with E-state index in [1.54, 1.807) is 30.3 Å². The minimum absolute atomic E-state index is 0.169. The second kappa shape index (κ2) is 3.46. The van der Waals surface area contributed by atoms with Gasteiger partial charge in [-0.3, -0.25) is 0 Å². The van der Waals surface area contributed by atoms with Gasteiger partial charge in [-0.2, -0.15) is 13.2 Å². The van der Waals surface area contributed by atoms with Crippen LogP contribution in [0.25, 0.3) is 11.3 Å². The van der Waals surface area contributed by atoms with Crippen molar-refractivity contribution in [3.05, 3.63) is 48.2 Å². The lowest BCUT2D eigenvalue weighted by atomic mass is 10.2. The number of furan rings is 1. The van der Waals surface area contributed by atoms with Crippen molar-refractivity contribution in [3.8, 4) is 11.3 Å². The largest absolute Gasteiger partial charge is 0.451 e. The Balaban J connectivity index is 2.37. The van der Waals surface area contributed by atoms with E-state index in [0.717, 1.165) is 0 Å². The molecule has 0 saturated carbocycles. The summed E-state index contributed by atoms with van der Waals surface area (Å²) in [5.74, 6) is -0.927. The minimum atomic E-state index is -4.48. The fraction of sp³-hybridized carbons (Fsp3) is 0.0909. The van der Waals surface area contributed by atoms with E-state index in [4.69, 9.17) is 0 Å². The van der Waals surface area contributed by atoms with Gasteiger partial charge in [0.15, 0.2) is 0 Å². The van der Waals surface area contributed by atoms with Crippen molar-refractivity contribution in [1.29, 1.82) is 0 Å². The molecule has 0 spiro atoms. The zero-order chi connectivity index (χ0) is 10.9. The summed E-state index contributed by atoms with van der Waals surface area (Å²) >= 11 is 0. The molecule has 0 amide bonds. The Labute approximate surface area is 84.1 Å². The van der Waals surface area contributed by atoms with Gasteiger partial charge in [0.1, 0.15) is 5.76 Å². The fourth-order valence-electron chi connectivity index (χ4n) is 1.18. The van der Waals surface area contributed by atoms with E-state index < -0.39 is 11.9 Å². The number of hydrogen-bond donors (Lipinski definition) is 0. The van der Waals surface area contributed by atoms with Crippen molar-refractivity contribution in [3.63, 3.8) is 0 Å². The molecular weight excluding hydrogens is 205 g/mol. The van der Waals surface area contributed by atoms with Crippen LogP contribution in [-0.2, 0) is 6.18 Å². The molecule has 0 N–H and O–H groups in total. The third kappa shape index (κ3) is 2.03. The summed E-state index contributed by atoms with van der Waals surface area (Å²) in [5, 5.41) is 0. The van der Waals surface area contributed by atoms with Crippen LogP contribution in [0.4, 0.5) is 13.2 Å². The predicted molar refractivity (Wildman–Crippen MR) is 48.0 cm³/mol. The lowest BCUT2D eigenvalue weighted by Gasteiger charge is -2.00. The molecule has 1 heterocycles. The number of rotatable bonds is 1. The molecule has 2 rings (SSSR count). The second-order valence-electron chi connectivity index (χ2n) is 2.95. The maximum Gasteiger partial charge on any atom is 0.450 e. The lowest BCUT2D eigenvalue weighted by molar-refractivity contribution is -0.152. The summed E-state index contributed by atoms with van der Waals surface area (Å²) in [6, 6.07) is 11.8. The van der Waals surface area contributed by atoms with Crippen LogP contribution < -0.4 is 0 Å². The van der Waals surface area contributed by atoms with E-state index >= 15 is 0 Å². The van der Waals surface area contributed by atoms with Crippen LogP contribution in [0.15, 0.2) is 40.8 Å². The zero-order valence-corrected chi connectivity index (χ0v) is 7.51. The Hall–Kier alpha value is -1.71. The smallest absolute Gasteiger partial charge is 0.450 e. The molecule has 4 heteroatoms. The molecule has 0 fully saturated rings. The van der Waals surface area contributed by atoms with E-state index in [9.17, 15) is 13.2 Å². The molecule has 0 aliphatic rings. The average molecular weight is 211 g/mol. The van der Waals surface area contributed by atoms with Gasteiger partial charge < -0.3 is 4.42 Å². The van der Waals surface area contributed by atoms with Gasteiger partial charge in [-0.15, -0.1) is 0 Å². The van der Waals surface area contributed by atoms with E-state index in [-0.39, 0.29) is 5.76 Å². The molecule has 1 radical (unpaired) electrons. The molecule has 15 heavy (non-hydrogen) atoms. The molecule has 1 aromatic heterocycles. The van der Waals surface area contributed by atoms with Gasteiger partial charge in [-0.1, -0.05) is 30.3 Å². The van der Waals surface area contributed by atoms with Crippen molar-refractivity contribution < 1.29 is 17.6 Å². The van der Waals surface area contributed by atoms with Gasteiger partial charge in [0.25, 0.3) is 0 Å². The highest BCUT2D eigenvalue weighted by atomic mass is 19.4. The maximum atomic E-state index is 12.2. The summed E-state index contributed by atoms with van der Waals surface area (Å²) in [5.41, 5.74) is 0.601. The van der Waals surface area contributed by atoms with Crippen LogP contribution >= 0.6 is 0 Å². The van der Waals surface area contributed by atoms with Crippen LogP contribution in [0.3, 0.4) is 0 Å². The van der Waals surface area contributed by atoms with E-state index in [1.807, 2.05) is 0 Å². The molecule has 0 aliphatic carbocycles. The van der Waals surface area contributed by atoms with Gasteiger partial charge >= 0.3 is 6.18 Å². The van der Waals surface area contributed by atoms with Gasteiger partial charge in [-0.25, -0.2) is 0 Å².